The monoisotopic (exact) mass is 383 g/mol. The second-order valence-electron chi connectivity index (χ2n) is 7.22. The summed E-state index contributed by atoms with van der Waals surface area (Å²) in [4.78, 5) is 10.3. The number of hydrogen-bond donors (Lipinski definition) is 2. The number of unbranched alkanes of at least 4 members (excludes halogenated alkanes) is 5. The Morgan fingerprint density at radius 1 is 0.893 bits per heavy atom. The third kappa shape index (κ3) is 8.13. The number of carbonyl (C=O) groups is 1. The van der Waals surface area contributed by atoms with Crippen LogP contribution < -0.4 is 10.1 Å². The van der Waals surface area contributed by atoms with Crippen molar-refractivity contribution in [1.29, 1.82) is 0 Å². The van der Waals surface area contributed by atoms with Crippen LogP contribution in [0, 0.1) is 0 Å². The fourth-order valence-electron chi connectivity index (χ4n) is 3.20. The van der Waals surface area contributed by atoms with Gasteiger partial charge in [-0.05, 0) is 41.7 Å². The molecule has 0 aromatic heterocycles. The molecular formula is C24H33NO3. The van der Waals surface area contributed by atoms with Gasteiger partial charge in [0.1, 0.15) is 6.61 Å². The van der Waals surface area contributed by atoms with Crippen LogP contribution in [0.2, 0.25) is 0 Å². The summed E-state index contributed by atoms with van der Waals surface area (Å²) >= 11 is 0. The van der Waals surface area contributed by atoms with Crippen LogP contribution in [0.5, 0.6) is 11.5 Å². The average Bonchev–Trinajstić information content (AvgIpc) is 2.71. The second-order valence-corrected chi connectivity index (χ2v) is 7.22. The molecule has 0 bridgehead atoms. The summed E-state index contributed by atoms with van der Waals surface area (Å²) in [6.45, 7) is 3.63. The maximum Gasteiger partial charge on any atom is 0.161 e. The van der Waals surface area contributed by atoms with Crippen LogP contribution in [0.4, 0.5) is 0 Å². The van der Waals surface area contributed by atoms with Crippen LogP contribution in [0.25, 0.3) is 0 Å². The SMILES string of the molecule is CCCCCCCCc1ccc(CNCc2ccc(OCC=O)c(O)c2)cc1. The average molecular weight is 384 g/mol. The van der Waals surface area contributed by atoms with E-state index in [-0.39, 0.29) is 12.4 Å². The Hall–Kier alpha value is -2.33. The predicted molar refractivity (Wildman–Crippen MR) is 114 cm³/mol. The summed E-state index contributed by atoms with van der Waals surface area (Å²) in [6, 6.07) is 14.1. The molecule has 28 heavy (non-hydrogen) atoms. The van der Waals surface area contributed by atoms with Crippen molar-refractivity contribution in [1.82, 2.24) is 5.32 Å². The Bertz CT molecular complexity index is 697. The zero-order valence-corrected chi connectivity index (χ0v) is 17.0. The second kappa shape index (κ2) is 12.9. The first-order chi connectivity index (χ1) is 13.7. The summed E-state index contributed by atoms with van der Waals surface area (Å²) in [7, 11) is 0. The molecule has 0 atom stereocenters. The number of benzene rings is 2. The highest BCUT2D eigenvalue weighted by Gasteiger charge is 2.04. The van der Waals surface area contributed by atoms with E-state index in [2.05, 4.69) is 36.5 Å². The number of aryl methyl sites for hydroxylation is 1. The number of aromatic hydroxyl groups is 1. The first kappa shape index (κ1) is 22.0. The van der Waals surface area contributed by atoms with Crippen molar-refractivity contribution in [3.05, 3.63) is 59.2 Å². The number of phenolic OH excluding ortho intramolecular Hbond substituents is 1. The predicted octanol–water partition coefficient (Wildman–Crippen LogP) is 5.16. The third-order valence-electron chi connectivity index (χ3n) is 4.83. The minimum absolute atomic E-state index is 0.0555. The molecule has 2 rings (SSSR count). The van der Waals surface area contributed by atoms with Gasteiger partial charge in [0, 0.05) is 13.1 Å². The van der Waals surface area contributed by atoms with Gasteiger partial charge in [0.15, 0.2) is 17.8 Å². The van der Waals surface area contributed by atoms with E-state index < -0.39 is 0 Å². The molecule has 0 fully saturated rings. The molecule has 2 aromatic rings. The lowest BCUT2D eigenvalue weighted by Crippen LogP contribution is -2.12. The van der Waals surface area contributed by atoms with Crippen molar-refractivity contribution >= 4 is 6.29 Å². The summed E-state index contributed by atoms with van der Waals surface area (Å²) in [6.07, 6.45) is 9.82. The lowest BCUT2D eigenvalue weighted by atomic mass is 10.0. The standard InChI is InChI=1S/C24H33NO3/c1-2-3-4-5-6-7-8-20-9-11-21(12-10-20)18-25-19-22-13-14-24(23(27)17-22)28-16-15-26/h9-15,17,25,27H,2-8,16,18-19H2,1H3. The van der Waals surface area contributed by atoms with E-state index in [9.17, 15) is 9.90 Å². The quantitative estimate of drug-likeness (QED) is 0.349. The topological polar surface area (TPSA) is 58.6 Å². The van der Waals surface area contributed by atoms with Crippen molar-refractivity contribution in [3.63, 3.8) is 0 Å². The number of rotatable bonds is 14. The number of hydrogen-bond acceptors (Lipinski definition) is 4. The number of ether oxygens (including phenoxy) is 1. The van der Waals surface area contributed by atoms with Gasteiger partial charge in [-0.2, -0.15) is 0 Å². The van der Waals surface area contributed by atoms with Crippen molar-refractivity contribution in [2.24, 2.45) is 0 Å². The van der Waals surface area contributed by atoms with Gasteiger partial charge in [-0.15, -0.1) is 0 Å². The molecule has 0 amide bonds. The Morgan fingerprint density at radius 3 is 2.25 bits per heavy atom. The van der Waals surface area contributed by atoms with Gasteiger partial charge in [0.05, 0.1) is 0 Å². The van der Waals surface area contributed by atoms with Gasteiger partial charge in [0.2, 0.25) is 0 Å². The highest BCUT2D eigenvalue weighted by Crippen LogP contribution is 2.26. The molecule has 0 unspecified atom stereocenters. The summed E-state index contributed by atoms with van der Waals surface area (Å²) in [5, 5.41) is 13.3. The first-order valence-corrected chi connectivity index (χ1v) is 10.4. The molecule has 0 aliphatic carbocycles. The maximum atomic E-state index is 10.3. The summed E-state index contributed by atoms with van der Waals surface area (Å²) in [5.74, 6) is 0.386. The van der Waals surface area contributed by atoms with Crippen LogP contribution in [0.3, 0.4) is 0 Å². The maximum absolute atomic E-state index is 10.3. The van der Waals surface area contributed by atoms with Gasteiger partial charge >= 0.3 is 0 Å². The normalized spacial score (nSPS) is 10.8. The minimum Gasteiger partial charge on any atom is -0.504 e. The van der Waals surface area contributed by atoms with Crippen LogP contribution in [-0.4, -0.2) is 18.0 Å². The molecule has 0 heterocycles. The van der Waals surface area contributed by atoms with Gasteiger partial charge in [0.25, 0.3) is 0 Å². The minimum atomic E-state index is -0.0555. The van der Waals surface area contributed by atoms with E-state index in [1.165, 1.54) is 49.7 Å². The smallest absolute Gasteiger partial charge is 0.161 e. The zero-order valence-electron chi connectivity index (χ0n) is 17.0. The highest BCUT2D eigenvalue weighted by molar-refractivity contribution is 5.52. The highest BCUT2D eigenvalue weighted by atomic mass is 16.5. The molecular weight excluding hydrogens is 350 g/mol. The van der Waals surface area contributed by atoms with E-state index >= 15 is 0 Å². The Labute approximate surface area is 168 Å². The lowest BCUT2D eigenvalue weighted by molar-refractivity contribution is -0.109. The lowest BCUT2D eigenvalue weighted by Gasteiger charge is -2.09. The van der Waals surface area contributed by atoms with Crippen molar-refractivity contribution in [2.75, 3.05) is 6.61 Å². The Balaban J connectivity index is 1.69. The van der Waals surface area contributed by atoms with Gasteiger partial charge in [-0.3, -0.25) is 4.79 Å². The molecule has 0 saturated heterocycles. The van der Waals surface area contributed by atoms with E-state index in [1.54, 1.807) is 12.1 Å². The number of aldehydes is 1. The third-order valence-corrected chi connectivity index (χ3v) is 4.83. The number of phenols is 1. The molecule has 2 N–H and O–H groups in total. The molecule has 4 nitrogen and oxygen atoms in total. The molecule has 2 aromatic carbocycles. The van der Waals surface area contributed by atoms with E-state index in [4.69, 9.17) is 4.74 Å². The van der Waals surface area contributed by atoms with Crippen LogP contribution >= 0.6 is 0 Å². The molecule has 0 aliphatic heterocycles. The zero-order chi connectivity index (χ0) is 20.0. The Kier molecular flexibility index (Phi) is 10.2. The number of nitrogens with one attached hydrogen (secondary N) is 1. The van der Waals surface area contributed by atoms with E-state index in [0.29, 0.717) is 18.6 Å². The van der Waals surface area contributed by atoms with Gasteiger partial charge < -0.3 is 15.2 Å². The van der Waals surface area contributed by atoms with Crippen molar-refractivity contribution in [2.45, 2.75) is 65.0 Å². The van der Waals surface area contributed by atoms with Crippen molar-refractivity contribution < 1.29 is 14.6 Å². The molecule has 0 spiro atoms. The molecule has 152 valence electrons. The number of carbonyl (C=O) groups excluding carboxylic acids is 1. The Morgan fingerprint density at radius 2 is 1.54 bits per heavy atom. The summed E-state index contributed by atoms with van der Waals surface area (Å²) in [5.41, 5.74) is 3.63. The first-order valence-electron chi connectivity index (χ1n) is 10.4. The van der Waals surface area contributed by atoms with Crippen LogP contribution in [-0.2, 0) is 24.3 Å². The fourth-order valence-corrected chi connectivity index (χ4v) is 3.20. The molecule has 0 aliphatic rings. The largest absolute Gasteiger partial charge is 0.504 e. The van der Waals surface area contributed by atoms with Gasteiger partial charge in [-0.25, -0.2) is 0 Å². The molecule has 0 radical (unpaired) electrons. The van der Waals surface area contributed by atoms with E-state index in [1.807, 2.05) is 6.07 Å². The molecule has 0 saturated carbocycles. The van der Waals surface area contributed by atoms with E-state index in [0.717, 1.165) is 18.5 Å². The molecule has 4 heteroatoms. The van der Waals surface area contributed by atoms with Gasteiger partial charge in [-0.1, -0.05) is 69.4 Å². The van der Waals surface area contributed by atoms with Crippen molar-refractivity contribution in [3.8, 4) is 11.5 Å². The van der Waals surface area contributed by atoms with Crippen LogP contribution in [0.15, 0.2) is 42.5 Å². The summed E-state index contributed by atoms with van der Waals surface area (Å²) < 4.78 is 5.14. The fraction of sp³-hybridized carbons (Fsp3) is 0.458. The van der Waals surface area contributed by atoms with Crippen LogP contribution in [0.1, 0.15) is 62.1 Å².